The highest BCUT2D eigenvalue weighted by Crippen LogP contribution is 2.44. The summed E-state index contributed by atoms with van der Waals surface area (Å²) in [5.74, 6) is 0.0880. The van der Waals surface area contributed by atoms with Gasteiger partial charge in [-0.15, -0.1) is 0 Å². The van der Waals surface area contributed by atoms with Crippen molar-refractivity contribution in [1.82, 2.24) is 14.7 Å². The van der Waals surface area contributed by atoms with Crippen molar-refractivity contribution in [2.45, 2.75) is 44.7 Å². The highest BCUT2D eigenvalue weighted by atomic mass is 35.5. The van der Waals surface area contributed by atoms with E-state index in [1.54, 1.807) is 13.0 Å². The van der Waals surface area contributed by atoms with Gasteiger partial charge in [-0.05, 0) is 30.5 Å². The number of nitrogens with zero attached hydrogens (tertiary/aromatic N) is 4. The Hall–Kier alpha value is -1.72. The molecule has 196 valence electrons. The maximum absolute atomic E-state index is 13.1. The van der Waals surface area contributed by atoms with E-state index in [-0.39, 0.29) is 37.5 Å². The van der Waals surface area contributed by atoms with Gasteiger partial charge in [-0.3, -0.25) is 14.6 Å². The van der Waals surface area contributed by atoms with Gasteiger partial charge < -0.3 is 9.80 Å². The van der Waals surface area contributed by atoms with Crippen LogP contribution in [0.25, 0.3) is 0 Å². The number of alkyl halides is 6. The van der Waals surface area contributed by atoms with Crippen LogP contribution in [-0.4, -0.2) is 91.4 Å². The Morgan fingerprint density at radius 3 is 2.06 bits per heavy atom. The lowest BCUT2D eigenvalue weighted by molar-refractivity contribution is -0.289. The molecule has 1 aromatic rings. The van der Waals surface area contributed by atoms with Gasteiger partial charge in [0.15, 0.2) is 0 Å². The second-order valence-corrected chi connectivity index (χ2v) is 10.4. The normalized spacial score (nSPS) is 22.1. The fourth-order valence-electron chi connectivity index (χ4n) is 5.53. The van der Waals surface area contributed by atoms with Crippen LogP contribution in [0, 0.1) is 5.41 Å². The monoisotopic (exact) mass is 526 g/mol. The van der Waals surface area contributed by atoms with Crippen LogP contribution < -0.4 is 4.90 Å². The zero-order chi connectivity index (χ0) is 25.6. The van der Waals surface area contributed by atoms with Gasteiger partial charge in [-0.2, -0.15) is 26.3 Å². The molecule has 0 saturated carbocycles. The van der Waals surface area contributed by atoms with E-state index in [0.717, 1.165) is 50.3 Å². The average Bonchev–Trinajstić information content (AvgIpc) is 2.72. The Morgan fingerprint density at radius 2 is 1.54 bits per heavy atom. The summed E-state index contributed by atoms with van der Waals surface area (Å²) in [4.78, 5) is 18.1. The number of amides is 1. The summed E-state index contributed by atoms with van der Waals surface area (Å²) in [6.07, 6.45) is -8.86. The Labute approximate surface area is 205 Å². The molecule has 3 fully saturated rings. The van der Waals surface area contributed by atoms with E-state index in [1.807, 2.05) is 21.9 Å². The number of likely N-dealkylation sites (tertiary alicyclic amines) is 1. The third-order valence-corrected chi connectivity index (χ3v) is 7.73. The molecular formula is C23H29ClF6N4O. The predicted octanol–water partition coefficient (Wildman–Crippen LogP) is 4.40. The number of carbonyl (C=O) groups excluding carboxylic acids is 1. The van der Waals surface area contributed by atoms with Crippen molar-refractivity contribution in [3.63, 3.8) is 0 Å². The highest BCUT2D eigenvalue weighted by Gasteiger charge is 2.59. The van der Waals surface area contributed by atoms with E-state index in [2.05, 4.69) is 4.90 Å². The number of anilines is 1. The van der Waals surface area contributed by atoms with Crippen LogP contribution in [0.3, 0.4) is 0 Å². The van der Waals surface area contributed by atoms with Crippen LogP contribution in [0.2, 0.25) is 5.02 Å². The van der Waals surface area contributed by atoms with Gasteiger partial charge in [-0.25, -0.2) is 0 Å². The summed E-state index contributed by atoms with van der Waals surface area (Å²) in [6, 6.07) is 2.06. The lowest BCUT2D eigenvalue weighted by Crippen LogP contribution is -2.61. The number of halogens is 7. The molecule has 0 atom stereocenters. The smallest absolute Gasteiger partial charge is 0.370 e. The molecule has 3 heterocycles. The summed E-state index contributed by atoms with van der Waals surface area (Å²) in [5, 5.41) is 0.569. The second kappa shape index (κ2) is 9.63. The molecule has 3 aliphatic heterocycles. The van der Waals surface area contributed by atoms with Gasteiger partial charge in [0, 0.05) is 82.0 Å². The minimum Gasteiger partial charge on any atom is -0.370 e. The first-order chi connectivity index (χ1) is 16.3. The Morgan fingerprint density at radius 1 is 0.971 bits per heavy atom. The molecular weight excluding hydrogens is 498 g/mol. The molecule has 3 saturated heterocycles. The molecule has 12 heteroatoms. The maximum Gasteiger partial charge on any atom is 0.412 e. The fraction of sp³-hybridized carbons (Fsp3) is 0.696. The Balaban J connectivity index is 1.38. The van der Waals surface area contributed by atoms with E-state index in [0.29, 0.717) is 16.5 Å². The van der Waals surface area contributed by atoms with Gasteiger partial charge in [0.05, 0.1) is 0 Å². The molecule has 35 heavy (non-hydrogen) atoms. The van der Waals surface area contributed by atoms with Crippen LogP contribution in [0.15, 0.2) is 18.2 Å². The van der Waals surface area contributed by atoms with Crippen LogP contribution >= 0.6 is 11.6 Å². The minimum absolute atomic E-state index is 0.0880. The van der Waals surface area contributed by atoms with E-state index < -0.39 is 18.4 Å². The predicted molar refractivity (Wildman–Crippen MR) is 120 cm³/mol. The summed E-state index contributed by atoms with van der Waals surface area (Å²) < 4.78 is 78.4. The first-order valence-electron chi connectivity index (χ1n) is 11.7. The quantitative estimate of drug-likeness (QED) is 0.544. The SMILES string of the molecule is CC(=O)N1CCC2(CC1)CN(c1cc(Cl)ccc1CN1CCN(C(C(F)(F)F)C(F)(F)F)CC1)C2. The zero-order valence-corrected chi connectivity index (χ0v) is 20.2. The number of carbonyl (C=O) groups is 1. The third-order valence-electron chi connectivity index (χ3n) is 7.50. The van der Waals surface area contributed by atoms with E-state index in [1.165, 1.54) is 0 Å². The molecule has 0 bridgehead atoms. The molecule has 1 spiro atoms. The molecule has 0 radical (unpaired) electrons. The lowest BCUT2D eigenvalue weighted by Gasteiger charge is -2.55. The molecule has 0 aromatic heterocycles. The average molecular weight is 527 g/mol. The van der Waals surface area contributed by atoms with Crippen molar-refractivity contribution in [1.29, 1.82) is 0 Å². The number of rotatable bonds is 4. The topological polar surface area (TPSA) is 30.0 Å². The van der Waals surface area contributed by atoms with Crippen molar-refractivity contribution in [2.75, 3.05) is 57.3 Å². The Bertz CT molecular complexity index is 902. The lowest BCUT2D eigenvalue weighted by atomic mass is 9.71. The van der Waals surface area contributed by atoms with Crippen molar-refractivity contribution >= 4 is 23.2 Å². The van der Waals surface area contributed by atoms with Crippen LogP contribution in [0.4, 0.5) is 32.0 Å². The number of benzene rings is 1. The second-order valence-electron chi connectivity index (χ2n) is 9.93. The van der Waals surface area contributed by atoms with E-state index >= 15 is 0 Å². The van der Waals surface area contributed by atoms with Crippen molar-refractivity contribution in [3.05, 3.63) is 28.8 Å². The fourth-order valence-corrected chi connectivity index (χ4v) is 5.70. The molecule has 0 N–H and O–H groups in total. The standard InChI is InChI=1S/C23H29ClF6N4O/c1-16(35)32-6-4-21(5-7-32)14-34(15-21)19-12-18(24)3-2-17(19)13-31-8-10-33(11-9-31)20(22(25,26)27)23(28,29)30/h2-3,12,20H,4-11,13-15H2,1H3. The van der Waals surface area contributed by atoms with Crippen molar-refractivity contribution in [2.24, 2.45) is 5.41 Å². The van der Waals surface area contributed by atoms with Crippen LogP contribution in [-0.2, 0) is 11.3 Å². The summed E-state index contributed by atoms with van der Waals surface area (Å²) in [6.45, 7) is 4.74. The Kier molecular flexibility index (Phi) is 7.25. The largest absolute Gasteiger partial charge is 0.412 e. The van der Waals surface area contributed by atoms with E-state index in [4.69, 9.17) is 11.6 Å². The molecule has 1 amide bonds. The summed E-state index contributed by atoms with van der Waals surface area (Å²) in [5.41, 5.74) is 2.05. The third kappa shape index (κ3) is 5.83. The number of hydrogen-bond acceptors (Lipinski definition) is 4. The molecule has 1 aromatic carbocycles. The number of hydrogen-bond donors (Lipinski definition) is 0. The van der Waals surface area contributed by atoms with Gasteiger partial charge >= 0.3 is 12.4 Å². The van der Waals surface area contributed by atoms with Crippen LogP contribution in [0.5, 0.6) is 0 Å². The van der Waals surface area contributed by atoms with Crippen LogP contribution in [0.1, 0.15) is 25.3 Å². The van der Waals surface area contributed by atoms with Crippen molar-refractivity contribution in [3.8, 4) is 0 Å². The molecule has 3 aliphatic rings. The minimum atomic E-state index is -5.36. The van der Waals surface area contributed by atoms with E-state index in [9.17, 15) is 31.1 Å². The summed E-state index contributed by atoms with van der Waals surface area (Å²) >= 11 is 6.25. The first-order valence-corrected chi connectivity index (χ1v) is 12.0. The first kappa shape index (κ1) is 26.3. The van der Waals surface area contributed by atoms with Gasteiger partial charge in [0.1, 0.15) is 0 Å². The zero-order valence-electron chi connectivity index (χ0n) is 19.4. The highest BCUT2D eigenvalue weighted by molar-refractivity contribution is 6.30. The van der Waals surface area contributed by atoms with Crippen molar-refractivity contribution < 1.29 is 31.1 Å². The van der Waals surface area contributed by atoms with Gasteiger partial charge in [0.2, 0.25) is 11.9 Å². The number of piperidine rings is 1. The van der Waals surface area contributed by atoms with Gasteiger partial charge in [-0.1, -0.05) is 17.7 Å². The molecule has 5 nitrogen and oxygen atoms in total. The molecule has 0 aliphatic carbocycles. The molecule has 0 unspecified atom stereocenters. The molecule has 4 rings (SSSR count). The summed E-state index contributed by atoms with van der Waals surface area (Å²) in [7, 11) is 0. The number of piperazine rings is 1. The maximum atomic E-state index is 13.1. The van der Waals surface area contributed by atoms with Gasteiger partial charge in [0.25, 0.3) is 0 Å².